The fourth-order valence-electron chi connectivity index (χ4n) is 10.9. The second-order valence-electron chi connectivity index (χ2n) is 17.8. The number of esters is 2. The number of likely N-dealkylation sites (N-methyl/N-ethyl adjacent to an activating group) is 1. The normalized spacial score (nSPS) is 28.2. The van der Waals surface area contributed by atoms with Crippen molar-refractivity contribution >= 4 is 45.9 Å². The highest BCUT2D eigenvalue weighted by atomic mass is 16.5. The van der Waals surface area contributed by atoms with Crippen molar-refractivity contribution in [2.24, 2.45) is 28.6 Å². The van der Waals surface area contributed by atoms with Crippen LogP contribution in [0.3, 0.4) is 0 Å². The Morgan fingerprint density at radius 3 is 2.33 bits per heavy atom. The highest BCUT2D eigenvalue weighted by Gasteiger charge is 2.68. The number of anilines is 1. The van der Waals surface area contributed by atoms with Gasteiger partial charge >= 0.3 is 11.9 Å². The third-order valence-electron chi connectivity index (χ3n) is 14.1. The molecule has 1 amide bonds. The summed E-state index contributed by atoms with van der Waals surface area (Å²) >= 11 is 0. The van der Waals surface area contributed by atoms with Gasteiger partial charge in [0.1, 0.15) is 18.2 Å². The summed E-state index contributed by atoms with van der Waals surface area (Å²) in [7, 11) is 3.65. The zero-order chi connectivity index (χ0) is 43.3. The first-order valence-corrected chi connectivity index (χ1v) is 20.8. The van der Waals surface area contributed by atoms with Crippen molar-refractivity contribution < 1.29 is 43.7 Å². The summed E-state index contributed by atoms with van der Waals surface area (Å²) in [5.41, 5.74) is 0.340. The molecule has 3 N–H and O–H groups in total. The van der Waals surface area contributed by atoms with Gasteiger partial charge in [-0.05, 0) is 129 Å². The van der Waals surface area contributed by atoms with Crippen LogP contribution >= 0.6 is 0 Å². The molecular weight excluding hydrogens is 775 g/mol. The van der Waals surface area contributed by atoms with E-state index in [4.69, 9.17) is 9.47 Å². The Morgan fingerprint density at radius 2 is 1.62 bits per heavy atom. The molecule has 12 heteroatoms. The fraction of sp³-hybridized carbons (Fsp3) is 0.388. The average Bonchev–Trinajstić information content (AvgIpc) is 3.52. The van der Waals surface area contributed by atoms with Crippen molar-refractivity contribution in [1.29, 1.82) is 0 Å². The number of Topliss-reactive ketones (excluding diaryl/α,β-unsaturated/α-hetero) is 1. The van der Waals surface area contributed by atoms with Gasteiger partial charge in [-0.25, -0.2) is 9.59 Å². The van der Waals surface area contributed by atoms with Gasteiger partial charge in [0.25, 0.3) is 0 Å². The number of amides is 1. The molecule has 8 rings (SSSR count). The maximum Gasteiger partial charge on any atom is 0.338 e. The number of aliphatic hydroxyl groups is 2. The fourth-order valence-corrected chi connectivity index (χ4v) is 10.9. The Hall–Kier alpha value is -5.82. The van der Waals surface area contributed by atoms with Gasteiger partial charge in [0, 0.05) is 40.2 Å². The van der Waals surface area contributed by atoms with Crippen LogP contribution in [-0.4, -0.2) is 81.9 Å². The summed E-state index contributed by atoms with van der Waals surface area (Å²) in [5, 5.41) is 28.6. The van der Waals surface area contributed by atoms with Crippen molar-refractivity contribution in [3.63, 3.8) is 0 Å². The van der Waals surface area contributed by atoms with Gasteiger partial charge < -0.3 is 25.0 Å². The van der Waals surface area contributed by atoms with Crippen molar-refractivity contribution in [1.82, 2.24) is 9.88 Å². The smallest absolute Gasteiger partial charge is 0.338 e. The molecule has 4 aliphatic carbocycles. The third-order valence-corrected chi connectivity index (χ3v) is 14.1. The minimum atomic E-state index is -1.78. The number of carbonyl (C=O) groups excluding carboxylic acids is 5. The molecule has 316 valence electrons. The average molecular weight is 826 g/mol. The predicted octanol–water partition coefficient (Wildman–Crippen LogP) is 6.57. The van der Waals surface area contributed by atoms with Crippen molar-refractivity contribution in [2.45, 2.75) is 70.3 Å². The monoisotopic (exact) mass is 825 g/mol. The molecule has 4 aliphatic rings. The second-order valence-corrected chi connectivity index (χ2v) is 17.8. The minimum Gasteiger partial charge on any atom is -0.457 e. The Morgan fingerprint density at radius 1 is 0.918 bits per heavy atom. The van der Waals surface area contributed by atoms with Crippen LogP contribution < -0.4 is 5.32 Å². The van der Waals surface area contributed by atoms with E-state index in [0.717, 1.165) is 34.8 Å². The zero-order valence-electron chi connectivity index (χ0n) is 34.8. The first-order chi connectivity index (χ1) is 29.1. The quantitative estimate of drug-likeness (QED) is 0.140. The first-order valence-electron chi connectivity index (χ1n) is 20.8. The van der Waals surface area contributed by atoms with Crippen molar-refractivity contribution in [2.75, 3.05) is 26.0 Å². The van der Waals surface area contributed by atoms with Gasteiger partial charge in [-0.2, -0.15) is 0 Å². The summed E-state index contributed by atoms with van der Waals surface area (Å²) in [6.45, 7) is 3.29. The topological polar surface area (TPSA) is 172 Å². The number of fused-ring (bicyclic) bond motifs is 6. The molecule has 3 saturated carbocycles. The summed E-state index contributed by atoms with van der Waals surface area (Å²) < 4.78 is 11.0. The third kappa shape index (κ3) is 7.62. The highest BCUT2D eigenvalue weighted by molar-refractivity contribution is 6.01. The number of aromatic nitrogens is 1. The Balaban J connectivity index is 0.837. The molecule has 0 aliphatic heterocycles. The lowest BCUT2D eigenvalue weighted by atomic mass is 9.46. The van der Waals surface area contributed by atoms with Crippen LogP contribution in [-0.2, 0) is 30.5 Å². The molecule has 1 unspecified atom stereocenters. The Kier molecular flexibility index (Phi) is 11.1. The number of hydrogen-bond donors (Lipinski definition) is 3. The summed E-state index contributed by atoms with van der Waals surface area (Å²) in [6, 6.07) is 19.9. The lowest BCUT2D eigenvalue weighted by molar-refractivity contribution is -0.178. The van der Waals surface area contributed by atoms with Gasteiger partial charge in [0.15, 0.2) is 12.4 Å². The number of ketones is 2. The first kappa shape index (κ1) is 41.9. The van der Waals surface area contributed by atoms with Crippen LogP contribution in [0, 0.1) is 28.6 Å². The van der Waals surface area contributed by atoms with Gasteiger partial charge in [-0.15, -0.1) is 0 Å². The summed E-state index contributed by atoms with van der Waals surface area (Å²) in [5.74, 6) is -2.35. The van der Waals surface area contributed by atoms with E-state index < -0.39 is 52.9 Å². The molecule has 0 spiro atoms. The van der Waals surface area contributed by atoms with Crippen LogP contribution in [0.25, 0.3) is 10.8 Å². The zero-order valence-corrected chi connectivity index (χ0v) is 34.8. The highest BCUT2D eigenvalue weighted by Crippen LogP contribution is 2.67. The van der Waals surface area contributed by atoms with Gasteiger partial charge in [-0.1, -0.05) is 55.8 Å². The van der Waals surface area contributed by atoms with E-state index in [-0.39, 0.29) is 60.0 Å². The van der Waals surface area contributed by atoms with E-state index in [1.54, 1.807) is 36.7 Å². The molecule has 8 atom stereocenters. The number of rotatable bonds is 11. The van der Waals surface area contributed by atoms with Gasteiger partial charge in [-0.3, -0.25) is 24.3 Å². The predicted molar refractivity (Wildman–Crippen MR) is 227 cm³/mol. The lowest BCUT2D eigenvalue weighted by Crippen LogP contribution is -2.61. The molecule has 61 heavy (non-hydrogen) atoms. The maximum atomic E-state index is 13.8. The van der Waals surface area contributed by atoms with Gasteiger partial charge in [0.2, 0.25) is 11.7 Å². The number of nitrogens with one attached hydrogen (secondary N) is 1. The molecule has 3 fully saturated rings. The van der Waals surface area contributed by atoms with E-state index in [0.29, 0.717) is 17.7 Å². The van der Waals surface area contributed by atoms with Crippen molar-refractivity contribution in [3.05, 3.63) is 131 Å². The number of allylic oxidation sites excluding steroid dienone is 4. The van der Waals surface area contributed by atoms with E-state index >= 15 is 0 Å². The number of pyridine rings is 1. The number of benzene rings is 3. The number of carbonyl (C=O) groups is 5. The maximum absolute atomic E-state index is 13.8. The van der Waals surface area contributed by atoms with E-state index in [2.05, 4.69) is 17.2 Å². The van der Waals surface area contributed by atoms with E-state index in [9.17, 15) is 34.2 Å². The van der Waals surface area contributed by atoms with Crippen LogP contribution in [0.4, 0.5) is 5.69 Å². The van der Waals surface area contributed by atoms with E-state index in [1.165, 1.54) is 24.3 Å². The molecular formula is C49H51N3O9. The number of nitrogens with zero attached hydrogens (tertiary/aromatic N) is 2. The SMILES string of the molecule is CN(C)C(C(=O)Nc1ccc2cnccc2c1)c1ccc(COC(=O)c2ccc(C(=O)OCC(=O)[C@@]3(O)CC[C@H]4[C@@H]5CCC6=CC(=O)C=C[C@]6(C)[C@H]5[C@@H](O)C[C@@]43C)cc2)cc1. The summed E-state index contributed by atoms with van der Waals surface area (Å²) in [6.07, 6.45) is 10.4. The molecule has 0 radical (unpaired) electrons. The van der Waals surface area contributed by atoms with Crippen molar-refractivity contribution in [3.8, 4) is 0 Å². The van der Waals surface area contributed by atoms with Gasteiger partial charge in [0.05, 0.1) is 17.2 Å². The van der Waals surface area contributed by atoms with E-state index in [1.807, 2.05) is 68.4 Å². The van der Waals surface area contributed by atoms with Crippen LogP contribution in [0.2, 0.25) is 0 Å². The van der Waals surface area contributed by atoms with Crippen LogP contribution in [0.5, 0.6) is 0 Å². The molecule has 4 aromatic rings. The number of ether oxygens (including phenoxy) is 2. The Bertz CT molecular complexity index is 2460. The minimum absolute atomic E-state index is 0.0215. The van der Waals surface area contributed by atoms with Crippen LogP contribution in [0.15, 0.2) is 109 Å². The molecule has 0 saturated heterocycles. The molecule has 1 aromatic heterocycles. The largest absolute Gasteiger partial charge is 0.457 e. The summed E-state index contributed by atoms with van der Waals surface area (Å²) in [4.78, 5) is 71.3. The molecule has 3 aromatic carbocycles. The Labute approximate surface area is 354 Å². The number of aliphatic hydroxyl groups excluding tert-OH is 1. The van der Waals surface area contributed by atoms with Crippen LogP contribution in [0.1, 0.15) is 83.8 Å². The molecule has 12 nitrogen and oxygen atoms in total. The molecule has 1 heterocycles. The standard InChI is InChI=1S/C49H51N3O9/c1-47-20-17-37(53)24-35(47)14-16-38-39-18-21-49(59,48(39,2)25-40(54)42(38)47)41(55)28-61-46(58)32-11-9-31(10-12-32)45(57)60-27-29-5-7-30(8-6-29)43(52(3)4)44(56)51-36-15-13-34-26-50-22-19-33(34)23-36/h5-13,15,17,19-20,22-24,26,38-40,42-43,54,59H,14,16,18,21,25,27-28H2,1-4H3,(H,51,56)/t38-,39-,40-,42+,43?,47-,48-,49-/m0/s1. The number of hydrogen-bond acceptors (Lipinski definition) is 11. The second kappa shape index (κ2) is 16.2. The molecule has 0 bridgehead atoms. The lowest BCUT2D eigenvalue weighted by Gasteiger charge is -2.59.